The first-order valence-electron chi connectivity index (χ1n) is 4.92. The third kappa shape index (κ3) is 2.45. The molecule has 0 radical (unpaired) electrons. The van der Waals surface area contributed by atoms with E-state index in [0.29, 0.717) is 6.54 Å². The molecule has 0 aliphatic carbocycles. The molecule has 3 nitrogen and oxygen atoms in total. The minimum absolute atomic E-state index is 0.0934. The largest absolute Gasteiger partial charge is 0.369 e. The zero-order chi connectivity index (χ0) is 10.6. The summed E-state index contributed by atoms with van der Waals surface area (Å²) in [5, 5.41) is 0. The zero-order valence-electron chi connectivity index (χ0n) is 9.20. The van der Waals surface area contributed by atoms with Crippen molar-refractivity contribution in [2.24, 2.45) is 5.73 Å². The van der Waals surface area contributed by atoms with Gasteiger partial charge in [-0.15, -0.1) is 0 Å². The van der Waals surface area contributed by atoms with E-state index in [-0.39, 0.29) is 5.54 Å². The van der Waals surface area contributed by atoms with E-state index >= 15 is 0 Å². The predicted octanol–water partition coefficient (Wildman–Crippen LogP) is 1.65. The molecule has 1 rings (SSSR count). The summed E-state index contributed by atoms with van der Waals surface area (Å²) < 4.78 is 0. The maximum Gasteiger partial charge on any atom is 0.0398 e. The molecule has 14 heavy (non-hydrogen) atoms. The van der Waals surface area contributed by atoms with Crippen LogP contribution in [0, 0.1) is 0 Å². The minimum Gasteiger partial charge on any atom is -0.369 e. The van der Waals surface area contributed by atoms with E-state index in [9.17, 15) is 0 Å². The van der Waals surface area contributed by atoms with Gasteiger partial charge in [0.2, 0.25) is 0 Å². The van der Waals surface area contributed by atoms with Gasteiger partial charge in [0.25, 0.3) is 0 Å². The second-order valence-electron chi connectivity index (χ2n) is 4.12. The van der Waals surface area contributed by atoms with E-state index in [2.05, 4.69) is 30.8 Å². The molecule has 3 heteroatoms. The number of nitrogens with zero attached hydrogens (tertiary/aromatic N) is 2. The van der Waals surface area contributed by atoms with Crippen molar-refractivity contribution in [2.45, 2.75) is 25.8 Å². The first-order chi connectivity index (χ1) is 6.58. The molecule has 0 aliphatic rings. The third-order valence-corrected chi connectivity index (χ3v) is 2.71. The fourth-order valence-corrected chi connectivity index (χ4v) is 1.44. The highest BCUT2D eigenvalue weighted by Gasteiger charge is 2.22. The Morgan fingerprint density at radius 2 is 1.93 bits per heavy atom. The molecule has 0 amide bonds. The van der Waals surface area contributed by atoms with E-state index in [4.69, 9.17) is 5.73 Å². The molecule has 2 N–H and O–H groups in total. The van der Waals surface area contributed by atoms with E-state index in [1.54, 1.807) is 0 Å². The van der Waals surface area contributed by atoms with Crippen LogP contribution >= 0.6 is 0 Å². The lowest BCUT2D eigenvalue weighted by Crippen LogP contribution is -2.42. The van der Waals surface area contributed by atoms with Crippen LogP contribution in [0.15, 0.2) is 24.5 Å². The van der Waals surface area contributed by atoms with Gasteiger partial charge in [-0.05, 0) is 38.9 Å². The van der Waals surface area contributed by atoms with Crippen molar-refractivity contribution >= 4 is 5.69 Å². The molecule has 0 saturated heterocycles. The average Bonchev–Trinajstić information content (AvgIpc) is 2.18. The SMILES string of the molecule is CN(c1ccncc1)C(C)(C)CCN. The summed E-state index contributed by atoms with van der Waals surface area (Å²) in [6.07, 6.45) is 4.60. The summed E-state index contributed by atoms with van der Waals surface area (Å²) in [6.45, 7) is 5.10. The van der Waals surface area contributed by atoms with Gasteiger partial charge in [-0.25, -0.2) is 0 Å². The number of nitrogens with two attached hydrogens (primary N) is 1. The molecule has 0 aliphatic heterocycles. The lowest BCUT2D eigenvalue weighted by molar-refractivity contribution is 0.456. The fraction of sp³-hybridized carbons (Fsp3) is 0.545. The van der Waals surface area contributed by atoms with Gasteiger partial charge in [0.1, 0.15) is 0 Å². The van der Waals surface area contributed by atoms with Crippen LogP contribution in [0.25, 0.3) is 0 Å². The number of pyridine rings is 1. The molecule has 0 fully saturated rings. The Hall–Kier alpha value is -1.09. The van der Waals surface area contributed by atoms with Gasteiger partial charge in [-0.2, -0.15) is 0 Å². The third-order valence-electron chi connectivity index (χ3n) is 2.71. The van der Waals surface area contributed by atoms with Crippen molar-refractivity contribution in [3.63, 3.8) is 0 Å². The molecule has 0 saturated carbocycles. The summed E-state index contributed by atoms with van der Waals surface area (Å²) >= 11 is 0. The molecule has 0 atom stereocenters. The Morgan fingerprint density at radius 3 is 2.43 bits per heavy atom. The first-order valence-corrected chi connectivity index (χ1v) is 4.92. The number of aromatic nitrogens is 1. The van der Waals surface area contributed by atoms with Crippen LogP contribution in [0.1, 0.15) is 20.3 Å². The Bertz CT molecular complexity index is 269. The molecule has 0 unspecified atom stereocenters. The van der Waals surface area contributed by atoms with Crippen LogP contribution in [-0.2, 0) is 0 Å². The van der Waals surface area contributed by atoms with Crippen molar-refractivity contribution in [2.75, 3.05) is 18.5 Å². The maximum atomic E-state index is 5.59. The topological polar surface area (TPSA) is 42.2 Å². The average molecular weight is 193 g/mol. The van der Waals surface area contributed by atoms with Gasteiger partial charge in [-0.1, -0.05) is 0 Å². The summed E-state index contributed by atoms with van der Waals surface area (Å²) in [6, 6.07) is 4.02. The highest BCUT2D eigenvalue weighted by molar-refractivity contribution is 5.46. The summed E-state index contributed by atoms with van der Waals surface area (Å²) in [5.41, 5.74) is 6.86. The molecular formula is C11H19N3. The molecular weight excluding hydrogens is 174 g/mol. The van der Waals surface area contributed by atoms with Gasteiger partial charge >= 0.3 is 0 Å². The van der Waals surface area contributed by atoms with Crippen molar-refractivity contribution in [1.29, 1.82) is 0 Å². The highest BCUT2D eigenvalue weighted by Crippen LogP contribution is 2.23. The lowest BCUT2D eigenvalue weighted by Gasteiger charge is -2.37. The fourth-order valence-electron chi connectivity index (χ4n) is 1.44. The summed E-state index contributed by atoms with van der Waals surface area (Å²) in [5.74, 6) is 0. The van der Waals surface area contributed by atoms with Crippen LogP contribution < -0.4 is 10.6 Å². The summed E-state index contributed by atoms with van der Waals surface area (Å²) in [7, 11) is 2.09. The Kier molecular flexibility index (Phi) is 3.47. The monoisotopic (exact) mass is 193 g/mol. The molecule has 1 heterocycles. The Labute approximate surface area is 85.9 Å². The number of hydrogen-bond donors (Lipinski definition) is 1. The minimum atomic E-state index is 0.0934. The second-order valence-corrected chi connectivity index (χ2v) is 4.12. The molecule has 78 valence electrons. The van der Waals surface area contributed by atoms with Crippen LogP contribution in [-0.4, -0.2) is 24.1 Å². The zero-order valence-corrected chi connectivity index (χ0v) is 9.20. The smallest absolute Gasteiger partial charge is 0.0398 e. The van der Waals surface area contributed by atoms with Crippen molar-refractivity contribution < 1.29 is 0 Å². The van der Waals surface area contributed by atoms with E-state index < -0.39 is 0 Å². The number of rotatable bonds is 4. The lowest BCUT2D eigenvalue weighted by atomic mass is 9.98. The molecule has 0 bridgehead atoms. The Morgan fingerprint density at radius 1 is 1.36 bits per heavy atom. The van der Waals surface area contributed by atoms with Crippen LogP contribution in [0.5, 0.6) is 0 Å². The number of anilines is 1. The highest BCUT2D eigenvalue weighted by atomic mass is 15.2. The first kappa shape index (κ1) is 11.0. The van der Waals surface area contributed by atoms with Gasteiger partial charge in [0, 0.05) is 30.7 Å². The molecule has 1 aromatic heterocycles. The standard InChI is InChI=1S/C11H19N3/c1-11(2,6-7-12)14(3)10-4-8-13-9-5-10/h4-5,8-9H,6-7,12H2,1-3H3. The summed E-state index contributed by atoms with van der Waals surface area (Å²) in [4.78, 5) is 6.24. The van der Waals surface area contributed by atoms with Gasteiger partial charge in [0.15, 0.2) is 0 Å². The van der Waals surface area contributed by atoms with Crippen molar-refractivity contribution in [3.05, 3.63) is 24.5 Å². The second kappa shape index (κ2) is 4.42. The van der Waals surface area contributed by atoms with Crippen LogP contribution in [0.2, 0.25) is 0 Å². The number of hydrogen-bond acceptors (Lipinski definition) is 3. The quantitative estimate of drug-likeness (QED) is 0.790. The van der Waals surface area contributed by atoms with Crippen molar-refractivity contribution in [3.8, 4) is 0 Å². The van der Waals surface area contributed by atoms with Crippen LogP contribution in [0.4, 0.5) is 5.69 Å². The molecule has 0 aromatic carbocycles. The van der Waals surface area contributed by atoms with Crippen LogP contribution in [0.3, 0.4) is 0 Å². The van der Waals surface area contributed by atoms with Gasteiger partial charge < -0.3 is 10.6 Å². The van der Waals surface area contributed by atoms with Gasteiger partial charge in [0.05, 0.1) is 0 Å². The maximum absolute atomic E-state index is 5.59. The molecule has 0 spiro atoms. The van der Waals surface area contributed by atoms with Gasteiger partial charge in [-0.3, -0.25) is 4.98 Å². The predicted molar refractivity (Wildman–Crippen MR) is 60.4 cm³/mol. The molecule has 1 aromatic rings. The van der Waals surface area contributed by atoms with E-state index in [1.165, 1.54) is 5.69 Å². The Balaban J connectivity index is 2.79. The van der Waals surface area contributed by atoms with E-state index in [1.807, 2.05) is 24.5 Å². The normalized spacial score (nSPS) is 11.4. The van der Waals surface area contributed by atoms with E-state index in [0.717, 1.165) is 6.42 Å². The van der Waals surface area contributed by atoms with Crippen molar-refractivity contribution in [1.82, 2.24) is 4.98 Å².